The Hall–Kier alpha value is -3.38. The molecule has 4 aromatic rings. The minimum atomic E-state index is -0.186. The average Bonchev–Trinajstić information content (AvgIpc) is 3.11. The standard InChI is InChI=1S/C22H19ClN4O2/c23-17-7-9-18(10-8-17)29-13-12-27-20-6-2-1-5-19(20)26-21(27)15-25-22(28)16-4-3-11-24-14-16/h1-11,14H,12-13,15H2,(H,25,28). The maximum atomic E-state index is 12.3. The highest BCUT2D eigenvalue weighted by Gasteiger charge is 2.12. The third-order valence-electron chi connectivity index (χ3n) is 4.46. The van der Waals surface area contributed by atoms with E-state index in [2.05, 4.69) is 19.9 Å². The van der Waals surface area contributed by atoms with Crippen molar-refractivity contribution in [3.63, 3.8) is 0 Å². The van der Waals surface area contributed by atoms with Crippen LogP contribution < -0.4 is 10.1 Å². The monoisotopic (exact) mass is 406 g/mol. The Morgan fingerprint density at radius 1 is 1.07 bits per heavy atom. The molecular formula is C22H19ClN4O2. The fourth-order valence-electron chi connectivity index (χ4n) is 3.05. The summed E-state index contributed by atoms with van der Waals surface area (Å²) in [5.74, 6) is 1.34. The van der Waals surface area contributed by atoms with Crippen LogP contribution in [-0.4, -0.2) is 27.0 Å². The molecule has 2 aromatic heterocycles. The second-order valence-electron chi connectivity index (χ2n) is 6.40. The molecule has 6 nitrogen and oxygen atoms in total. The molecule has 0 aliphatic rings. The summed E-state index contributed by atoms with van der Waals surface area (Å²) in [6.45, 7) is 1.37. The normalized spacial score (nSPS) is 10.8. The molecule has 146 valence electrons. The van der Waals surface area contributed by atoms with Gasteiger partial charge in [0.2, 0.25) is 0 Å². The average molecular weight is 407 g/mol. The van der Waals surface area contributed by atoms with Crippen molar-refractivity contribution in [1.29, 1.82) is 0 Å². The first-order valence-electron chi connectivity index (χ1n) is 9.21. The number of imidazole rings is 1. The van der Waals surface area contributed by atoms with E-state index < -0.39 is 0 Å². The highest BCUT2D eigenvalue weighted by Crippen LogP contribution is 2.18. The second kappa shape index (κ2) is 8.75. The van der Waals surface area contributed by atoms with Gasteiger partial charge in [-0.1, -0.05) is 23.7 Å². The molecule has 0 spiro atoms. The van der Waals surface area contributed by atoms with Crippen LogP contribution in [0.25, 0.3) is 11.0 Å². The predicted molar refractivity (Wildman–Crippen MR) is 112 cm³/mol. The number of nitrogens with one attached hydrogen (secondary N) is 1. The highest BCUT2D eigenvalue weighted by molar-refractivity contribution is 6.30. The lowest BCUT2D eigenvalue weighted by molar-refractivity contribution is 0.0949. The molecule has 2 aromatic carbocycles. The minimum Gasteiger partial charge on any atom is -0.492 e. The number of halogens is 1. The largest absolute Gasteiger partial charge is 0.492 e. The molecule has 0 unspecified atom stereocenters. The lowest BCUT2D eigenvalue weighted by Gasteiger charge is -2.11. The molecule has 0 atom stereocenters. The zero-order valence-corrected chi connectivity index (χ0v) is 16.3. The van der Waals surface area contributed by atoms with Crippen LogP contribution in [0.1, 0.15) is 16.2 Å². The van der Waals surface area contributed by atoms with Crippen LogP contribution in [0.15, 0.2) is 73.1 Å². The SMILES string of the molecule is O=C(NCc1nc2ccccc2n1CCOc1ccc(Cl)cc1)c1cccnc1. The lowest BCUT2D eigenvalue weighted by atomic mass is 10.3. The number of amides is 1. The quantitative estimate of drug-likeness (QED) is 0.501. The highest BCUT2D eigenvalue weighted by atomic mass is 35.5. The summed E-state index contributed by atoms with van der Waals surface area (Å²) >= 11 is 5.91. The molecule has 1 N–H and O–H groups in total. The fourth-order valence-corrected chi connectivity index (χ4v) is 3.18. The topological polar surface area (TPSA) is 69.0 Å². The summed E-state index contributed by atoms with van der Waals surface area (Å²) < 4.78 is 7.89. The van der Waals surface area contributed by atoms with Gasteiger partial charge in [-0.25, -0.2) is 4.98 Å². The number of hydrogen-bond donors (Lipinski definition) is 1. The Morgan fingerprint density at radius 2 is 1.90 bits per heavy atom. The number of aromatic nitrogens is 3. The van der Waals surface area contributed by atoms with Crippen molar-refractivity contribution < 1.29 is 9.53 Å². The van der Waals surface area contributed by atoms with Gasteiger partial charge in [-0.15, -0.1) is 0 Å². The molecule has 0 radical (unpaired) electrons. The molecule has 2 heterocycles. The number of para-hydroxylation sites is 2. The first-order valence-corrected chi connectivity index (χ1v) is 9.59. The third kappa shape index (κ3) is 4.55. The number of hydrogen-bond acceptors (Lipinski definition) is 4. The number of pyridine rings is 1. The number of benzene rings is 2. The molecule has 0 saturated carbocycles. The third-order valence-corrected chi connectivity index (χ3v) is 4.71. The summed E-state index contributed by atoms with van der Waals surface area (Å²) in [7, 11) is 0. The summed E-state index contributed by atoms with van der Waals surface area (Å²) in [6, 6.07) is 18.6. The van der Waals surface area contributed by atoms with Crippen LogP contribution in [-0.2, 0) is 13.1 Å². The van der Waals surface area contributed by atoms with Gasteiger partial charge in [0.05, 0.1) is 29.7 Å². The Bertz CT molecular complexity index is 1110. The van der Waals surface area contributed by atoms with E-state index in [0.29, 0.717) is 30.3 Å². The number of carbonyl (C=O) groups excluding carboxylic acids is 1. The summed E-state index contributed by atoms with van der Waals surface area (Å²) in [5, 5.41) is 3.58. The molecule has 7 heteroatoms. The van der Waals surface area contributed by atoms with Crippen molar-refractivity contribution in [1.82, 2.24) is 19.9 Å². The van der Waals surface area contributed by atoms with Crippen molar-refractivity contribution in [2.24, 2.45) is 0 Å². The van der Waals surface area contributed by atoms with E-state index in [1.54, 1.807) is 30.5 Å². The smallest absolute Gasteiger partial charge is 0.253 e. The van der Waals surface area contributed by atoms with Gasteiger partial charge >= 0.3 is 0 Å². The molecule has 4 rings (SSSR count). The molecule has 0 aliphatic carbocycles. The van der Waals surface area contributed by atoms with Crippen LogP contribution in [0.3, 0.4) is 0 Å². The van der Waals surface area contributed by atoms with Gasteiger partial charge in [-0.05, 0) is 48.5 Å². The maximum Gasteiger partial charge on any atom is 0.253 e. The van der Waals surface area contributed by atoms with Gasteiger partial charge in [-0.2, -0.15) is 0 Å². The van der Waals surface area contributed by atoms with Gasteiger partial charge in [-0.3, -0.25) is 9.78 Å². The summed E-state index contributed by atoms with van der Waals surface area (Å²) in [4.78, 5) is 21.0. The second-order valence-corrected chi connectivity index (χ2v) is 6.83. The molecule has 1 amide bonds. The lowest BCUT2D eigenvalue weighted by Crippen LogP contribution is -2.25. The van der Waals surface area contributed by atoms with Crippen molar-refractivity contribution in [2.75, 3.05) is 6.61 Å². The van der Waals surface area contributed by atoms with E-state index in [9.17, 15) is 4.79 Å². The summed E-state index contributed by atoms with van der Waals surface area (Å²) in [5.41, 5.74) is 2.39. The zero-order chi connectivity index (χ0) is 20.1. The number of carbonyl (C=O) groups is 1. The molecule has 29 heavy (non-hydrogen) atoms. The minimum absolute atomic E-state index is 0.186. The van der Waals surface area contributed by atoms with Crippen molar-refractivity contribution >= 4 is 28.5 Å². The van der Waals surface area contributed by atoms with E-state index in [0.717, 1.165) is 22.6 Å². The van der Waals surface area contributed by atoms with Gasteiger partial charge in [0.1, 0.15) is 18.2 Å². The Morgan fingerprint density at radius 3 is 2.69 bits per heavy atom. The van der Waals surface area contributed by atoms with E-state index in [-0.39, 0.29) is 5.91 Å². The van der Waals surface area contributed by atoms with Crippen LogP contribution >= 0.6 is 11.6 Å². The van der Waals surface area contributed by atoms with Gasteiger partial charge in [0, 0.05) is 17.4 Å². The molecule has 0 bridgehead atoms. The van der Waals surface area contributed by atoms with E-state index in [1.807, 2.05) is 36.4 Å². The predicted octanol–water partition coefficient (Wildman–Crippen LogP) is 4.09. The fraction of sp³-hybridized carbons (Fsp3) is 0.136. The first kappa shape index (κ1) is 19.0. The van der Waals surface area contributed by atoms with Gasteiger partial charge in [0.25, 0.3) is 5.91 Å². The summed E-state index contributed by atoms with van der Waals surface area (Å²) in [6.07, 6.45) is 3.18. The van der Waals surface area contributed by atoms with Gasteiger partial charge < -0.3 is 14.6 Å². The number of ether oxygens (including phenoxy) is 1. The van der Waals surface area contributed by atoms with Gasteiger partial charge in [0.15, 0.2) is 0 Å². The number of rotatable bonds is 7. The van der Waals surface area contributed by atoms with Crippen LogP contribution in [0, 0.1) is 0 Å². The molecule has 0 fully saturated rings. The van der Waals surface area contributed by atoms with Crippen LogP contribution in [0.5, 0.6) is 5.75 Å². The molecular weight excluding hydrogens is 388 g/mol. The van der Waals surface area contributed by atoms with E-state index in [4.69, 9.17) is 16.3 Å². The molecule has 0 aliphatic heterocycles. The number of fused-ring (bicyclic) bond motifs is 1. The Balaban J connectivity index is 1.48. The Kier molecular flexibility index (Phi) is 5.72. The van der Waals surface area contributed by atoms with Crippen LogP contribution in [0.2, 0.25) is 5.02 Å². The Labute approximate surface area is 173 Å². The number of nitrogens with zero attached hydrogens (tertiary/aromatic N) is 3. The maximum absolute atomic E-state index is 12.3. The zero-order valence-electron chi connectivity index (χ0n) is 15.6. The van der Waals surface area contributed by atoms with Crippen molar-refractivity contribution in [2.45, 2.75) is 13.1 Å². The van der Waals surface area contributed by atoms with Crippen molar-refractivity contribution in [3.05, 3.63) is 89.5 Å². The van der Waals surface area contributed by atoms with E-state index in [1.165, 1.54) is 6.20 Å². The van der Waals surface area contributed by atoms with Crippen molar-refractivity contribution in [3.8, 4) is 5.75 Å². The van der Waals surface area contributed by atoms with E-state index >= 15 is 0 Å². The van der Waals surface area contributed by atoms with Crippen LogP contribution in [0.4, 0.5) is 0 Å². The molecule has 0 saturated heterocycles. The first-order chi connectivity index (χ1) is 14.2.